The van der Waals surface area contributed by atoms with Crippen LogP contribution in [-0.2, 0) is 12.6 Å². The second kappa shape index (κ2) is 6.57. The molecule has 1 aromatic heterocycles. The Hall–Kier alpha value is -1.75. The van der Waals surface area contributed by atoms with Gasteiger partial charge in [-0.05, 0) is 29.5 Å². The number of alkyl halides is 5. The van der Waals surface area contributed by atoms with Crippen LogP contribution < -0.4 is 0 Å². The molecule has 9 heteroatoms. The van der Waals surface area contributed by atoms with Gasteiger partial charge in [-0.3, -0.25) is 4.79 Å². The van der Waals surface area contributed by atoms with Crippen molar-refractivity contribution in [3.63, 3.8) is 0 Å². The molecule has 1 rings (SSSR count). The van der Waals surface area contributed by atoms with Crippen LogP contribution in [0.2, 0.25) is 0 Å². The molecule has 0 fully saturated rings. The predicted molar refractivity (Wildman–Crippen MR) is 67.6 cm³/mol. The molecule has 0 unspecified atom stereocenters. The monoisotopic (exact) mass is 340 g/mol. The van der Waals surface area contributed by atoms with Crippen LogP contribution in [0.15, 0.2) is 0 Å². The Bertz CT molecular complexity index is 635. The number of pyridine rings is 1. The summed E-state index contributed by atoms with van der Waals surface area (Å²) in [4.78, 5) is 14.2. The van der Waals surface area contributed by atoms with E-state index in [1.807, 2.05) is 0 Å². The highest BCUT2D eigenvalue weighted by Crippen LogP contribution is 2.37. The minimum atomic E-state index is -5.10. The van der Waals surface area contributed by atoms with Crippen molar-refractivity contribution in [2.75, 3.05) is 0 Å². The molecule has 0 aliphatic rings. The highest BCUT2D eigenvalue weighted by atomic mass is 35.5. The molecule has 0 aliphatic heterocycles. The van der Waals surface area contributed by atoms with Gasteiger partial charge in [0.2, 0.25) is 0 Å². The molecule has 1 heterocycles. The van der Waals surface area contributed by atoms with Gasteiger partial charge in [0, 0.05) is 0 Å². The van der Waals surface area contributed by atoms with Gasteiger partial charge in [0.25, 0.3) is 11.7 Å². The largest absolute Gasteiger partial charge is 0.434 e. The molecule has 0 radical (unpaired) electrons. The van der Waals surface area contributed by atoms with Crippen LogP contribution in [0, 0.1) is 17.2 Å². The number of hydrogen-bond donors (Lipinski definition) is 0. The maximum atomic E-state index is 13.0. The number of hydrogen-bond acceptors (Lipinski definition) is 3. The van der Waals surface area contributed by atoms with E-state index in [9.17, 15) is 26.7 Å². The highest BCUT2D eigenvalue weighted by Gasteiger charge is 2.40. The van der Waals surface area contributed by atoms with Crippen molar-refractivity contribution in [1.29, 1.82) is 5.26 Å². The van der Waals surface area contributed by atoms with Gasteiger partial charge in [-0.1, -0.05) is 13.8 Å². The van der Waals surface area contributed by atoms with Gasteiger partial charge < -0.3 is 0 Å². The zero-order valence-corrected chi connectivity index (χ0v) is 12.2. The molecule has 0 spiro atoms. The first-order valence-corrected chi connectivity index (χ1v) is 6.40. The summed E-state index contributed by atoms with van der Waals surface area (Å²) in [5.74, 6) is -0.295. The van der Waals surface area contributed by atoms with Crippen LogP contribution in [0.1, 0.15) is 53.1 Å². The molecule has 0 aromatic carbocycles. The highest BCUT2D eigenvalue weighted by molar-refractivity contribution is 6.68. The van der Waals surface area contributed by atoms with Crippen LogP contribution in [-0.4, -0.2) is 10.2 Å². The number of aromatic nitrogens is 1. The van der Waals surface area contributed by atoms with Gasteiger partial charge >= 0.3 is 6.18 Å². The smallest absolute Gasteiger partial charge is 0.276 e. The maximum absolute atomic E-state index is 13.0. The van der Waals surface area contributed by atoms with Crippen molar-refractivity contribution in [3.8, 4) is 6.07 Å². The Morgan fingerprint density at radius 3 is 2.23 bits per heavy atom. The molecule has 0 saturated heterocycles. The van der Waals surface area contributed by atoms with E-state index in [0.717, 1.165) is 0 Å². The Morgan fingerprint density at radius 2 is 1.91 bits per heavy atom. The average molecular weight is 341 g/mol. The van der Waals surface area contributed by atoms with Crippen LogP contribution in [0.25, 0.3) is 0 Å². The molecular weight excluding hydrogens is 331 g/mol. The lowest BCUT2D eigenvalue weighted by Gasteiger charge is -2.18. The van der Waals surface area contributed by atoms with Crippen molar-refractivity contribution in [1.82, 2.24) is 4.98 Å². The molecule has 0 aliphatic carbocycles. The van der Waals surface area contributed by atoms with Crippen molar-refractivity contribution >= 4 is 16.8 Å². The molecule has 3 nitrogen and oxygen atoms in total. The first-order chi connectivity index (χ1) is 10.0. The van der Waals surface area contributed by atoms with Gasteiger partial charge in [-0.15, -0.1) is 0 Å². The Morgan fingerprint density at radius 1 is 1.36 bits per heavy atom. The summed E-state index contributed by atoms with van der Waals surface area (Å²) in [6.45, 7) is 3.19. The fourth-order valence-corrected chi connectivity index (χ4v) is 2.18. The lowest BCUT2D eigenvalue weighted by atomic mass is 9.92. The van der Waals surface area contributed by atoms with Crippen LogP contribution in [0.3, 0.4) is 0 Å². The van der Waals surface area contributed by atoms with Crippen molar-refractivity contribution in [2.24, 2.45) is 5.92 Å². The summed E-state index contributed by atoms with van der Waals surface area (Å²) in [6.07, 6.45) is -8.73. The molecule has 0 N–H and O–H groups in total. The summed E-state index contributed by atoms with van der Waals surface area (Å²) < 4.78 is 64.8. The lowest BCUT2D eigenvalue weighted by Crippen LogP contribution is -2.19. The third-order valence-electron chi connectivity index (χ3n) is 2.72. The van der Waals surface area contributed by atoms with Gasteiger partial charge in [-0.2, -0.15) is 18.4 Å². The Labute approximate surface area is 127 Å². The van der Waals surface area contributed by atoms with Crippen molar-refractivity contribution in [2.45, 2.75) is 32.9 Å². The number of carbonyl (C=O) groups excluding carboxylic acids is 1. The zero-order valence-electron chi connectivity index (χ0n) is 11.4. The number of carbonyl (C=O) groups is 1. The minimum absolute atomic E-state index is 0.192. The molecule has 0 saturated carbocycles. The van der Waals surface area contributed by atoms with Gasteiger partial charge in [-0.25, -0.2) is 13.8 Å². The third kappa shape index (κ3) is 3.71. The molecule has 0 atom stereocenters. The molecular formula is C13H10ClF5N2O. The number of nitrogens with zero attached hydrogens (tertiary/aromatic N) is 2. The van der Waals surface area contributed by atoms with Crippen LogP contribution in [0.4, 0.5) is 22.0 Å². The number of halogens is 6. The quantitative estimate of drug-likeness (QED) is 0.599. The standard InChI is InChI=1S/C13H10ClF5N2O/c1-5(2)3-6-7(4-20)10(13(17,18)19)21-9(12(15)16)8(6)11(14)22/h5,12H,3H2,1-2H3. The summed E-state index contributed by atoms with van der Waals surface area (Å²) in [7, 11) is 0. The predicted octanol–water partition coefficient (Wildman–Crippen LogP) is 4.49. The molecule has 1 aromatic rings. The number of nitriles is 1. The van der Waals surface area contributed by atoms with Gasteiger partial charge in [0.15, 0.2) is 5.69 Å². The fourth-order valence-electron chi connectivity index (χ4n) is 1.97. The topological polar surface area (TPSA) is 53.8 Å². The van der Waals surface area contributed by atoms with E-state index >= 15 is 0 Å². The van der Waals surface area contributed by atoms with Crippen LogP contribution in [0.5, 0.6) is 0 Å². The van der Waals surface area contributed by atoms with Crippen molar-refractivity contribution in [3.05, 3.63) is 28.1 Å². The van der Waals surface area contributed by atoms with Crippen molar-refractivity contribution < 1.29 is 26.7 Å². The van der Waals surface area contributed by atoms with E-state index in [0.29, 0.717) is 0 Å². The average Bonchev–Trinajstić information content (AvgIpc) is 2.34. The first kappa shape index (κ1) is 18.3. The number of rotatable bonds is 4. The molecule has 0 bridgehead atoms. The zero-order chi connectivity index (χ0) is 17.2. The summed E-state index contributed by atoms with van der Waals surface area (Å²) in [5.41, 5.74) is -5.32. The van der Waals surface area contributed by atoms with E-state index in [1.54, 1.807) is 13.8 Å². The Kier molecular flexibility index (Phi) is 5.46. The minimum Gasteiger partial charge on any atom is -0.276 e. The first-order valence-electron chi connectivity index (χ1n) is 6.02. The summed E-state index contributed by atoms with van der Waals surface area (Å²) in [6, 6.07) is 1.30. The maximum Gasteiger partial charge on any atom is 0.434 e. The SMILES string of the molecule is CC(C)Cc1c(C#N)c(C(F)(F)F)nc(C(F)F)c1C(=O)Cl. The van der Waals surface area contributed by atoms with Gasteiger partial charge in [0.1, 0.15) is 11.8 Å². The van der Waals surface area contributed by atoms with E-state index in [4.69, 9.17) is 16.9 Å². The van der Waals surface area contributed by atoms with E-state index in [1.165, 1.54) is 6.07 Å². The van der Waals surface area contributed by atoms with E-state index < -0.39 is 45.9 Å². The normalized spacial score (nSPS) is 11.9. The molecule has 0 amide bonds. The second-order valence-electron chi connectivity index (χ2n) is 4.86. The fraction of sp³-hybridized carbons (Fsp3) is 0.462. The second-order valence-corrected chi connectivity index (χ2v) is 5.20. The van der Waals surface area contributed by atoms with Gasteiger partial charge in [0.05, 0.1) is 11.1 Å². The summed E-state index contributed by atoms with van der Waals surface area (Å²) >= 11 is 5.23. The molecule has 22 heavy (non-hydrogen) atoms. The Balaban J connectivity index is 3.92. The van der Waals surface area contributed by atoms with E-state index in [-0.39, 0.29) is 12.3 Å². The van der Waals surface area contributed by atoms with E-state index in [2.05, 4.69) is 4.98 Å². The summed E-state index contributed by atoms with van der Waals surface area (Å²) in [5, 5.41) is 7.61. The lowest BCUT2D eigenvalue weighted by molar-refractivity contribution is -0.141. The third-order valence-corrected chi connectivity index (χ3v) is 2.91. The molecule has 120 valence electrons. The van der Waals surface area contributed by atoms with Crippen LogP contribution >= 0.6 is 11.6 Å².